The van der Waals surface area contributed by atoms with Gasteiger partial charge in [0.2, 0.25) is 5.82 Å². The van der Waals surface area contributed by atoms with Crippen molar-refractivity contribution in [3.05, 3.63) is 12.2 Å². The van der Waals surface area contributed by atoms with Gasteiger partial charge in [-0.1, -0.05) is 0 Å². The number of piperidine rings is 1. The second-order valence-electron chi connectivity index (χ2n) is 4.20. The largest absolute Gasteiger partial charge is 0.393 e. The molecular formula is C10H16N4O2. The number of nitrogens with one attached hydrogen (secondary N) is 1. The van der Waals surface area contributed by atoms with Crippen molar-refractivity contribution in [2.75, 3.05) is 13.1 Å². The lowest BCUT2D eigenvalue weighted by Gasteiger charge is -2.32. The molecule has 0 bridgehead atoms. The summed E-state index contributed by atoms with van der Waals surface area (Å²) in [7, 11) is 0. The van der Waals surface area contributed by atoms with E-state index in [-0.39, 0.29) is 17.8 Å². The van der Waals surface area contributed by atoms with Gasteiger partial charge in [-0.05, 0) is 25.7 Å². The minimum absolute atomic E-state index is 0.110. The zero-order valence-corrected chi connectivity index (χ0v) is 9.26. The number of aliphatic hydroxyl groups excluding tert-OH is 1. The average Bonchev–Trinajstić information content (AvgIpc) is 2.81. The third-order valence-electron chi connectivity index (χ3n) is 3.13. The van der Waals surface area contributed by atoms with Gasteiger partial charge in [0.05, 0.1) is 6.10 Å². The Labute approximate surface area is 93.7 Å². The molecule has 0 aromatic carbocycles. The highest BCUT2D eigenvalue weighted by Gasteiger charge is 2.26. The Balaban J connectivity index is 1.92. The third-order valence-corrected chi connectivity index (χ3v) is 3.13. The summed E-state index contributed by atoms with van der Waals surface area (Å²) in [4.78, 5) is 17.5. The van der Waals surface area contributed by atoms with Crippen LogP contribution in [0.25, 0.3) is 0 Å². The molecule has 1 fully saturated rings. The number of H-pyrrole nitrogens is 1. The van der Waals surface area contributed by atoms with E-state index in [0.29, 0.717) is 19.0 Å². The fourth-order valence-corrected chi connectivity index (χ4v) is 2.04. The number of nitrogens with zero attached hydrogens (tertiary/aromatic N) is 3. The molecule has 2 rings (SSSR count). The summed E-state index contributed by atoms with van der Waals surface area (Å²) >= 11 is 0. The van der Waals surface area contributed by atoms with Crippen LogP contribution in [0.3, 0.4) is 0 Å². The smallest absolute Gasteiger partial charge is 0.291 e. The van der Waals surface area contributed by atoms with Crippen molar-refractivity contribution in [2.45, 2.75) is 25.9 Å². The molecule has 1 aliphatic rings. The summed E-state index contributed by atoms with van der Waals surface area (Å²) in [6, 6.07) is 0. The maximum absolute atomic E-state index is 11.9. The van der Waals surface area contributed by atoms with Gasteiger partial charge in [0, 0.05) is 13.1 Å². The molecule has 16 heavy (non-hydrogen) atoms. The molecule has 0 spiro atoms. The van der Waals surface area contributed by atoms with E-state index < -0.39 is 0 Å². The second kappa shape index (κ2) is 4.61. The summed E-state index contributed by atoms with van der Waals surface area (Å²) in [5.74, 6) is 0.482. The van der Waals surface area contributed by atoms with E-state index in [2.05, 4.69) is 15.2 Å². The van der Waals surface area contributed by atoms with E-state index in [1.54, 1.807) is 11.8 Å². The van der Waals surface area contributed by atoms with Crippen molar-refractivity contribution in [1.29, 1.82) is 0 Å². The van der Waals surface area contributed by atoms with Crippen LogP contribution in [0.5, 0.6) is 0 Å². The van der Waals surface area contributed by atoms with E-state index >= 15 is 0 Å². The topological polar surface area (TPSA) is 82.1 Å². The van der Waals surface area contributed by atoms with Gasteiger partial charge in [0.25, 0.3) is 5.91 Å². The number of aromatic amines is 1. The van der Waals surface area contributed by atoms with Crippen molar-refractivity contribution < 1.29 is 9.90 Å². The summed E-state index contributed by atoms with van der Waals surface area (Å²) in [6.07, 6.45) is 2.73. The second-order valence-corrected chi connectivity index (χ2v) is 4.20. The molecule has 1 aromatic heterocycles. The van der Waals surface area contributed by atoms with E-state index in [1.165, 1.54) is 6.33 Å². The molecule has 1 aliphatic heterocycles. The van der Waals surface area contributed by atoms with E-state index in [1.807, 2.05) is 0 Å². The number of hydrogen-bond acceptors (Lipinski definition) is 4. The first kappa shape index (κ1) is 11.1. The van der Waals surface area contributed by atoms with Crippen molar-refractivity contribution in [1.82, 2.24) is 20.1 Å². The maximum Gasteiger partial charge on any atom is 0.291 e. The Bertz CT molecular complexity index is 342. The molecule has 0 saturated carbocycles. The lowest BCUT2D eigenvalue weighted by molar-refractivity contribution is 0.0512. The van der Waals surface area contributed by atoms with E-state index in [9.17, 15) is 9.90 Å². The van der Waals surface area contributed by atoms with Crippen LogP contribution in [-0.2, 0) is 0 Å². The highest BCUT2D eigenvalue weighted by molar-refractivity contribution is 5.90. The standard InChI is InChI=1S/C10H16N4O2/c1-7(15)8-2-4-14(5-3-8)10(16)9-11-6-12-13-9/h6-8,15H,2-5H2,1H3,(H,11,12,13). The van der Waals surface area contributed by atoms with E-state index in [0.717, 1.165) is 12.8 Å². The minimum atomic E-state index is -0.289. The number of aromatic nitrogens is 3. The number of rotatable bonds is 2. The highest BCUT2D eigenvalue weighted by atomic mass is 16.3. The molecule has 1 unspecified atom stereocenters. The van der Waals surface area contributed by atoms with Crippen molar-refractivity contribution in [3.63, 3.8) is 0 Å². The molecule has 2 N–H and O–H groups in total. The first-order valence-electron chi connectivity index (χ1n) is 5.51. The summed E-state index contributed by atoms with van der Waals surface area (Å²) in [6.45, 7) is 3.16. The molecular weight excluding hydrogens is 208 g/mol. The molecule has 1 saturated heterocycles. The number of carbonyl (C=O) groups excluding carboxylic acids is 1. The van der Waals surface area contributed by atoms with Crippen LogP contribution >= 0.6 is 0 Å². The first-order valence-corrected chi connectivity index (χ1v) is 5.51. The van der Waals surface area contributed by atoms with Gasteiger partial charge in [-0.25, -0.2) is 4.98 Å². The summed E-state index contributed by atoms with van der Waals surface area (Å²) in [5.41, 5.74) is 0. The average molecular weight is 224 g/mol. The maximum atomic E-state index is 11.9. The van der Waals surface area contributed by atoms with E-state index in [4.69, 9.17) is 0 Å². The van der Waals surface area contributed by atoms with Crippen molar-refractivity contribution in [3.8, 4) is 0 Å². The molecule has 1 aromatic rings. The molecule has 6 nitrogen and oxygen atoms in total. The predicted octanol–water partition coefficient (Wildman–Crippen LogP) is 0.0377. The Hall–Kier alpha value is -1.43. The molecule has 88 valence electrons. The molecule has 2 heterocycles. The van der Waals surface area contributed by atoms with Crippen LogP contribution in [0.2, 0.25) is 0 Å². The molecule has 0 radical (unpaired) electrons. The van der Waals surface area contributed by atoms with Gasteiger partial charge in [-0.15, -0.1) is 0 Å². The van der Waals surface area contributed by atoms with Crippen LogP contribution < -0.4 is 0 Å². The zero-order chi connectivity index (χ0) is 11.5. The van der Waals surface area contributed by atoms with Crippen LogP contribution in [0.15, 0.2) is 6.33 Å². The molecule has 0 aliphatic carbocycles. The summed E-state index contributed by atoms with van der Waals surface area (Å²) < 4.78 is 0. The van der Waals surface area contributed by atoms with Crippen LogP contribution in [0.1, 0.15) is 30.4 Å². The van der Waals surface area contributed by atoms with Crippen LogP contribution in [0, 0.1) is 5.92 Å². The minimum Gasteiger partial charge on any atom is -0.393 e. The number of likely N-dealkylation sites (tertiary alicyclic amines) is 1. The third kappa shape index (κ3) is 2.21. The van der Waals surface area contributed by atoms with Gasteiger partial charge < -0.3 is 10.0 Å². The Morgan fingerprint density at radius 2 is 2.31 bits per heavy atom. The SMILES string of the molecule is CC(O)C1CCN(C(=O)c2ncn[nH]2)CC1. The number of aliphatic hydroxyl groups is 1. The van der Waals surface area contributed by atoms with Crippen LogP contribution in [-0.4, -0.2) is 50.3 Å². The van der Waals surface area contributed by atoms with Crippen molar-refractivity contribution >= 4 is 5.91 Å². The van der Waals surface area contributed by atoms with Gasteiger partial charge in [0.1, 0.15) is 6.33 Å². The number of amides is 1. The van der Waals surface area contributed by atoms with Crippen LogP contribution in [0.4, 0.5) is 0 Å². The highest BCUT2D eigenvalue weighted by Crippen LogP contribution is 2.21. The molecule has 1 atom stereocenters. The monoisotopic (exact) mass is 224 g/mol. The normalized spacial score (nSPS) is 19.8. The first-order chi connectivity index (χ1) is 7.68. The van der Waals surface area contributed by atoms with Crippen molar-refractivity contribution in [2.24, 2.45) is 5.92 Å². The lowest BCUT2D eigenvalue weighted by Crippen LogP contribution is -2.41. The molecule has 1 amide bonds. The van der Waals surface area contributed by atoms with Gasteiger partial charge >= 0.3 is 0 Å². The summed E-state index contributed by atoms with van der Waals surface area (Å²) in [5, 5.41) is 15.7. The fraction of sp³-hybridized carbons (Fsp3) is 0.700. The Morgan fingerprint density at radius 1 is 1.62 bits per heavy atom. The Morgan fingerprint density at radius 3 is 2.81 bits per heavy atom. The van der Waals surface area contributed by atoms with Gasteiger partial charge in [0.15, 0.2) is 0 Å². The quantitative estimate of drug-likeness (QED) is 0.743. The predicted molar refractivity (Wildman–Crippen MR) is 56.7 cm³/mol. The fourth-order valence-electron chi connectivity index (χ4n) is 2.04. The molecule has 6 heteroatoms. The van der Waals surface area contributed by atoms with Gasteiger partial charge in [-0.3, -0.25) is 9.89 Å². The lowest BCUT2D eigenvalue weighted by atomic mass is 9.92. The van der Waals surface area contributed by atoms with Gasteiger partial charge in [-0.2, -0.15) is 5.10 Å². The number of carbonyl (C=O) groups is 1. The zero-order valence-electron chi connectivity index (χ0n) is 9.26. The Kier molecular flexibility index (Phi) is 3.19. The number of hydrogen-bond donors (Lipinski definition) is 2.